The quantitative estimate of drug-likeness (QED) is 0.372. The zero-order valence-electron chi connectivity index (χ0n) is 12.3. The van der Waals surface area contributed by atoms with Gasteiger partial charge in [-0.2, -0.15) is 4.89 Å². The molecule has 0 aromatic heterocycles. The van der Waals surface area contributed by atoms with E-state index in [2.05, 4.69) is 16.7 Å². The summed E-state index contributed by atoms with van der Waals surface area (Å²) >= 11 is 0. The molecule has 111 valence electrons. The third-order valence-electron chi connectivity index (χ3n) is 2.84. The van der Waals surface area contributed by atoms with Crippen LogP contribution < -0.4 is 0 Å². The molecule has 0 saturated heterocycles. The van der Waals surface area contributed by atoms with Crippen molar-refractivity contribution in [2.45, 2.75) is 39.5 Å². The predicted octanol–water partition coefficient (Wildman–Crippen LogP) is 3.71. The molecule has 1 aromatic rings. The number of hydrogen-bond donors (Lipinski definition) is 0. The molecule has 20 heavy (non-hydrogen) atoms. The lowest BCUT2D eigenvalue weighted by Crippen LogP contribution is -2.07. The number of ether oxygens (including phenoxy) is 1. The summed E-state index contributed by atoms with van der Waals surface area (Å²) in [5.41, 5.74) is 1.72. The Morgan fingerprint density at radius 3 is 2.55 bits per heavy atom. The van der Waals surface area contributed by atoms with Gasteiger partial charge in [0.2, 0.25) is 0 Å². The van der Waals surface area contributed by atoms with E-state index in [0.29, 0.717) is 18.8 Å². The van der Waals surface area contributed by atoms with E-state index in [4.69, 9.17) is 4.74 Å². The highest BCUT2D eigenvalue weighted by atomic mass is 17.2. The fourth-order valence-electron chi connectivity index (χ4n) is 1.71. The van der Waals surface area contributed by atoms with Crippen LogP contribution in [0.3, 0.4) is 0 Å². The second-order valence-corrected chi connectivity index (χ2v) is 4.45. The standard InChI is InChI=1S/C16H23O4/c1-3-5-6-7-14-8-10-15(11-9-14)16(17)20-19-13-12-18-4-2/h8-11,13H,3-7,12H2,1-2H3. The number of aryl methyl sites for hydroxylation is 1. The van der Waals surface area contributed by atoms with Gasteiger partial charge in [-0.05, 0) is 37.5 Å². The van der Waals surface area contributed by atoms with Crippen molar-refractivity contribution in [3.05, 3.63) is 42.0 Å². The summed E-state index contributed by atoms with van der Waals surface area (Å²) < 4.78 is 5.01. The fourth-order valence-corrected chi connectivity index (χ4v) is 1.71. The Labute approximate surface area is 121 Å². The molecular formula is C16H23O4. The Bertz CT molecular complexity index is 373. The summed E-state index contributed by atoms with van der Waals surface area (Å²) in [6.45, 7) is 6.25. The van der Waals surface area contributed by atoms with Crippen LogP contribution in [-0.4, -0.2) is 19.2 Å². The first-order chi connectivity index (χ1) is 9.77. The molecule has 4 heteroatoms. The third kappa shape index (κ3) is 6.68. The zero-order valence-corrected chi connectivity index (χ0v) is 12.3. The molecule has 0 spiro atoms. The lowest BCUT2D eigenvalue weighted by Gasteiger charge is -2.04. The van der Waals surface area contributed by atoms with Crippen molar-refractivity contribution < 1.29 is 19.3 Å². The van der Waals surface area contributed by atoms with Gasteiger partial charge in [-0.15, -0.1) is 0 Å². The number of hydrogen-bond acceptors (Lipinski definition) is 4. The normalized spacial score (nSPS) is 10.5. The van der Waals surface area contributed by atoms with Gasteiger partial charge in [0.05, 0.1) is 12.2 Å². The number of carbonyl (C=O) groups is 1. The Balaban J connectivity index is 2.30. The summed E-state index contributed by atoms with van der Waals surface area (Å²) in [4.78, 5) is 20.9. The zero-order chi connectivity index (χ0) is 14.6. The highest BCUT2D eigenvalue weighted by molar-refractivity contribution is 5.88. The monoisotopic (exact) mass is 279 g/mol. The molecule has 0 heterocycles. The SMILES string of the molecule is CCCCCc1ccc(C(=O)OO[CH]COCC)cc1. The van der Waals surface area contributed by atoms with Crippen LogP contribution in [0.15, 0.2) is 24.3 Å². The lowest BCUT2D eigenvalue weighted by molar-refractivity contribution is -0.218. The highest BCUT2D eigenvalue weighted by Crippen LogP contribution is 2.10. The van der Waals surface area contributed by atoms with E-state index in [1.165, 1.54) is 31.4 Å². The second-order valence-electron chi connectivity index (χ2n) is 4.45. The second kappa shape index (κ2) is 10.4. The summed E-state index contributed by atoms with van der Waals surface area (Å²) in [7, 11) is 0. The van der Waals surface area contributed by atoms with E-state index in [0.717, 1.165) is 6.42 Å². The Hall–Kier alpha value is -1.39. The Kier molecular flexibility index (Phi) is 8.67. The third-order valence-corrected chi connectivity index (χ3v) is 2.84. The average molecular weight is 279 g/mol. The van der Waals surface area contributed by atoms with Crippen LogP contribution in [-0.2, 0) is 20.9 Å². The minimum absolute atomic E-state index is 0.292. The molecular weight excluding hydrogens is 256 g/mol. The van der Waals surface area contributed by atoms with Gasteiger partial charge in [-0.25, -0.2) is 4.79 Å². The van der Waals surface area contributed by atoms with Gasteiger partial charge in [-0.1, -0.05) is 31.9 Å². The van der Waals surface area contributed by atoms with Crippen LogP contribution in [0.25, 0.3) is 0 Å². The molecule has 0 fully saturated rings. The number of rotatable bonds is 10. The first-order valence-corrected chi connectivity index (χ1v) is 7.14. The largest absolute Gasteiger partial charge is 0.379 e. The molecule has 0 amide bonds. The van der Waals surface area contributed by atoms with Gasteiger partial charge in [0.15, 0.2) is 6.61 Å². The molecule has 4 nitrogen and oxygen atoms in total. The van der Waals surface area contributed by atoms with Crippen molar-refractivity contribution in [1.29, 1.82) is 0 Å². The van der Waals surface area contributed by atoms with Gasteiger partial charge in [-0.3, -0.25) is 4.89 Å². The number of unbranched alkanes of at least 4 members (excludes halogenated alkanes) is 2. The first kappa shape index (κ1) is 16.7. The molecule has 1 radical (unpaired) electrons. The number of benzene rings is 1. The van der Waals surface area contributed by atoms with E-state index in [9.17, 15) is 4.79 Å². The summed E-state index contributed by atoms with van der Waals surface area (Å²) in [6, 6.07) is 7.43. The van der Waals surface area contributed by atoms with E-state index in [-0.39, 0.29) is 0 Å². The molecule has 0 atom stereocenters. The van der Waals surface area contributed by atoms with E-state index in [1.54, 1.807) is 12.1 Å². The van der Waals surface area contributed by atoms with Crippen molar-refractivity contribution in [1.82, 2.24) is 0 Å². The first-order valence-electron chi connectivity index (χ1n) is 7.14. The van der Waals surface area contributed by atoms with Crippen LogP contribution in [0.2, 0.25) is 0 Å². The van der Waals surface area contributed by atoms with E-state index >= 15 is 0 Å². The summed E-state index contributed by atoms with van der Waals surface area (Å²) in [5, 5.41) is 0. The van der Waals surface area contributed by atoms with E-state index < -0.39 is 5.97 Å². The molecule has 0 bridgehead atoms. The molecule has 0 N–H and O–H groups in total. The Morgan fingerprint density at radius 2 is 1.90 bits per heavy atom. The van der Waals surface area contributed by atoms with Crippen LogP contribution in [0.4, 0.5) is 0 Å². The number of carbonyl (C=O) groups excluding carboxylic acids is 1. The molecule has 0 aliphatic rings. The molecule has 0 aliphatic carbocycles. The highest BCUT2D eigenvalue weighted by Gasteiger charge is 2.08. The minimum Gasteiger partial charge on any atom is -0.379 e. The van der Waals surface area contributed by atoms with Gasteiger partial charge in [0.1, 0.15) is 0 Å². The van der Waals surface area contributed by atoms with Gasteiger partial charge in [0, 0.05) is 6.61 Å². The molecule has 1 aromatic carbocycles. The van der Waals surface area contributed by atoms with Gasteiger partial charge in [0.25, 0.3) is 0 Å². The van der Waals surface area contributed by atoms with E-state index in [1.807, 2.05) is 19.1 Å². The fraction of sp³-hybridized carbons (Fsp3) is 0.500. The van der Waals surface area contributed by atoms with Crippen LogP contribution in [0.5, 0.6) is 0 Å². The van der Waals surface area contributed by atoms with Gasteiger partial charge >= 0.3 is 5.97 Å². The molecule has 1 rings (SSSR count). The van der Waals surface area contributed by atoms with Crippen molar-refractivity contribution in [3.8, 4) is 0 Å². The maximum absolute atomic E-state index is 11.6. The summed E-state index contributed by atoms with van der Waals surface area (Å²) in [5.74, 6) is -0.502. The smallest absolute Gasteiger partial charge is 0.373 e. The maximum Gasteiger partial charge on any atom is 0.373 e. The van der Waals surface area contributed by atoms with Gasteiger partial charge < -0.3 is 4.74 Å². The van der Waals surface area contributed by atoms with Crippen molar-refractivity contribution in [2.75, 3.05) is 13.2 Å². The van der Waals surface area contributed by atoms with Crippen molar-refractivity contribution in [2.24, 2.45) is 0 Å². The minimum atomic E-state index is -0.502. The Morgan fingerprint density at radius 1 is 1.15 bits per heavy atom. The summed E-state index contributed by atoms with van der Waals surface area (Å²) in [6.07, 6.45) is 4.66. The molecule has 0 unspecified atom stereocenters. The van der Waals surface area contributed by atoms with Crippen molar-refractivity contribution in [3.63, 3.8) is 0 Å². The molecule has 0 saturated carbocycles. The van der Waals surface area contributed by atoms with Crippen LogP contribution in [0, 0.1) is 6.61 Å². The van der Waals surface area contributed by atoms with Crippen molar-refractivity contribution >= 4 is 5.97 Å². The predicted molar refractivity (Wildman–Crippen MR) is 77.0 cm³/mol. The lowest BCUT2D eigenvalue weighted by atomic mass is 10.1. The average Bonchev–Trinajstić information content (AvgIpc) is 2.48. The molecule has 0 aliphatic heterocycles. The van der Waals surface area contributed by atoms with Crippen LogP contribution in [0.1, 0.15) is 49.0 Å². The maximum atomic E-state index is 11.6. The topological polar surface area (TPSA) is 44.8 Å². The van der Waals surface area contributed by atoms with Crippen LogP contribution >= 0.6 is 0 Å².